The quantitative estimate of drug-likeness (QED) is 0.559. The lowest BCUT2D eigenvalue weighted by molar-refractivity contribution is -0.143. The Morgan fingerprint density at radius 3 is 2.29 bits per heavy atom. The third-order valence-electron chi connectivity index (χ3n) is 6.22. The van der Waals surface area contributed by atoms with E-state index in [0.29, 0.717) is 37.2 Å². The number of hydrogen-bond acceptors (Lipinski definition) is 4. The zero-order valence-electron chi connectivity index (χ0n) is 19.3. The van der Waals surface area contributed by atoms with Crippen molar-refractivity contribution in [3.63, 3.8) is 0 Å². The Labute approximate surface area is 198 Å². The minimum Gasteiger partial charge on any atom is -0.348 e. The molecule has 1 amide bonds. The summed E-state index contributed by atoms with van der Waals surface area (Å²) in [6.07, 6.45) is -7.48. The van der Waals surface area contributed by atoms with E-state index < -0.39 is 41.0 Å². The van der Waals surface area contributed by atoms with Gasteiger partial charge in [0.05, 0.1) is 35.8 Å². The molecule has 35 heavy (non-hydrogen) atoms. The van der Waals surface area contributed by atoms with Gasteiger partial charge >= 0.3 is 12.4 Å². The first-order valence-electron chi connectivity index (χ1n) is 10.9. The second-order valence-electron chi connectivity index (χ2n) is 9.13. The lowest BCUT2D eigenvalue weighted by atomic mass is 9.78. The molecule has 1 aliphatic heterocycles. The van der Waals surface area contributed by atoms with E-state index in [-0.39, 0.29) is 29.8 Å². The molecule has 12 heteroatoms. The van der Waals surface area contributed by atoms with E-state index in [9.17, 15) is 36.4 Å². The number of carbonyl (C=O) groups excluding carboxylic acids is 1. The Morgan fingerprint density at radius 2 is 1.80 bits per heavy atom. The number of likely N-dealkylation sites (tertiary alicyclic amines) is 1. The molecule has 0 saturated carbocycles. The molecular formula is C23H25F6N5O. The fraction of sp³-hybridized carbons (Fsp3) is 0.522. The van der Waals surface area contributed by atoms with Gasteiger partial charge in [0.1, 0.15) is 6.04 Å². The molecule has 0 spiro atoms. The number of benzene rings is 1. The van der Waals surface area contributed by atoms with Gasteiger partial charge in [-0.1, -0.05) is 0 Å². The fourth-order valence-corrected chi connectivity index (χ4v) is 4.43. The molecule has 1 fully saturated rings. The van der Waals surface area contributed by atoms with Gasteiger partial charge in [-0.05, 0) is 57.4 Å². The Balaban J connectivity index is 2.04. The van der Waals surface area contributed by atoms with Crippen LogP contribution in [0.3, 0.4) is 0 Å². The van der Waals surface area contributed by atoms with Gasteiger partial charge in [0.2, 0.25) is 5.91 Å². The van der Waals surface area contributed by atoms with Crippen molar-refractivity contribution in [3.8, 4) is 6.07 Å². The van der Waals surface area contributed by atoms with Crippen LogP contribution in [-0.2, 0) is 17.1 Å². The fourth-order valence-electron chi connectivity index (χ4n) is 4.43. The monoisotopic (exact) mass is 501 g/mol. The molecule has 2 N–H and O–H groups in total. The topological polar surface area (TPSA) is 84.8 Å². The van der Waals surface area contributed by atoms with Crippen molar-refractivity contribution in [3.05, 3.63) is 52.6 Å². The van der Waals surface area contributed by atoms with Crippen molar-refractivity contribution < 1.29 is 31.1 Å². The number of aromatic amines is 1. The van der Waals surface area contributed by atoms with Crippen LogP contribution >= 0.6 is 0 Å². The number of nitrogens with one attached hydrogen (secondary N) is 2. The van der Waals surface area contributed by atoms with Crippen molar-refractivity contribution in [1.82, 2.24) is 20.2 Å². The van der Waals surface area contributed by atoms with E-state index in [2.05, 4.69) is 21.4 Å². The van der Waals surface area contributed by atoms with E-state index in [0.717, 1.165) is 0 Å². The number of rotatable bonds is 6. The van der Waals surface area contributed by atoms with Gasteiger partial charge in [0.15, 0.2) is 0 Å². The van der Waals surface area contributed by atoms with Crippen molar-refractivity contribution in [2.24, 2.45) is 0 Å². The highest BCUT2D eigenvalue weighted by Gasteiger charge is 2.41. The summed E-state index contributed by atoms with van der Waals surface area (Å²) in [5.41, 5.74) is -3.60. The van der Waals surface area contributed by atoms with Gasteiger partial charge in [-0.3, -0.25) is 4.79 Å². The number of amides is 1. The first kappa shape index (κ1) is 26.5. The van der Waals surface area contributed by atoms with Gasteiger partial charge in [-0.2, -0.15) is 31.6 Å². The summed E-state index contributed by atoms with van der Waals surface area (Å²) in [5, 5.41) is 12.2. The number of hydrogen-bond donors (Lipinski definition) is 2. The third-order valence-corrected chi connectivity index (χ3v) is 6.22. The second-order valence-corrected chi connectivity index (χ2v) is 9.13. The first-order chi connectivity index (χ1) is 16.1. The number of nitriles is 1. The minimum absolute atomic E-state index is 0.0807. The Hall–Kier alpha value is -3.07. The highest BCUT2D eigenvalue weighted by atomic mass is 19.4. The smallest absolute Gasteiger partial charge is 0.348 e. The van der Waals surface area contributed by atoms with E-state index >= 15 is 0 Å². The highest BCUT2D eigenvalue weighted by molar-refractivity contribution is 5.79. The van der Waals surface area contributed by atoms with Gasteiger partial charge < -0.3 is 15.2 Å². The summed E-state index contributed by atoms with van der Waals surface area (Å²) in [4.78, 5) is 21.1. The van der Waals surface area contributed by atoms with Crippen LogP contribution in [0.25, 0.3) is 0 Å². The number of aromatic nitrogens is 2. The molecule has 0 aliphatic carbocycles. The zero-order valence-corrected chi connectivity index (χ0v) is 19.3. The molecule has 1 aromatic carbocycles. The van der Waals surface area contributed by atoms with Crippen LogP contribution < -0.4 is 5.32 Å². The number of carbonyl (C=O) groups is 1. The number of aryl methyl sites for hydroxylation is 1. The number of halogens is 6. The lowest BCUT2D eigenvalue weighted by Gasteiger charge is -2.36. The second kappa shape index (κ2) is 9.53. The van der Waals surface area contributed by atoms with Crippen molar-refractivity contribution >= 4 is 5.91 Å². The summed E-state index contributed by atoms with van der Waals surface area (Å²) < 4.78 is 81.2. The Kier molecular flexibility index (Phi) is 7.22. The molecule has 2 heterocycles. The average molecular weight is 501 g/mol. The molecule has 1 aliphatic rings. The molecule has 6 nitrogen and oxygen atoms in total. The van der Waals surface area contributed by atoms with Gasteiger partial charge in [-0.25, -0.2) is 4.98 Å². The summed E-state index contributed by atoms with van der Waals surface area (Å²) in [7, 11) is 0. The van der Waals surface area contributed by atoms with Crippen molar-refractivity contribution in [2.45, 2.75) is 63.5 Å². The summed E-state index contributed by atoms with van der Waals surface area (Å²) in [5.74, 6) is -1.45. The van der Waals surface area contributed by atoms with E-state index in [1.165, 1.54) is 11.2 Å². The molecular weight excluding hydrogens is 476 g/mol. The SMILES string of the molecule is Cc1[nH]cnc1C(c1cc(C(F)(F)F)cc(C(F)(F)F)c1)C(C)(C)NCC(=O)N1CCC[C@H]1C#N. The van der Waals surface area contributed by atoms with Crippen LogP contribution in [0.2, 0.25) is 0 Å². The van der Waals surface area contributed by atoms with Gasteiger partial charge in [-0.15, -0.1) is 0 Å². The van der Waals surface area contributed by atoms with E-state index in [1.807, 2.05) is 0 Å². The van der Waals surface area contributed by atoms with Crippen LogP contribution in [0.4, 0.5) is 26.3 Å². The molecule has 2 aromatic rings. The van der Waals surface area contributed by atoms with Crippen LogP contribution in [0.5, 0.6) is 0 Å². The molecule has 1 aromatic heterocycles. The van der Waals surface area contributed by atoms with E-state index in [1.54, 1.807) is 20.8 Å². The predicted molar refractivity (Wildman–Crippen MR) is 114 cm³/mol. The Morgan fingerprint density at radius 1 is 1.20 bits per heavy atom. The normalized spacial score (nSPS) is 17.9. The maximum atomic E-state index is 13.5. The van der Waals surface area contributed by atoms with Gasteiger partial charge in [0, 0.05) is 23.7 Å². The maximum absolute atomic E-state index is 13.5. The Bertz CT molecular complexity index is 1080. The first-order valence-corrected chi connectivity index (χ1v) is 10.9. The lowest BCUT2D eigenvalue weighted by Crippen LogP contribution is -2.51. The molecule has 0 radical (unpaired) electrons. The largest absolute Gasteiger partial charge is 0.416 e. The van der Waals surface area contributed by atoms with Crippen LogP contribution in [-0.4, -0.2) is 45.4 Å². The van der Waals surface area contributed by atoms with Crippen LogP contribution in [0.1, 0.15) is 60.7 Å². The molecule has 0 bridgehead atoms. The van der Waals surface area contributed by atoms with Crippen LogP contribution in [0, 0.1) is 18.3 Å². The summed E-state index contributed by atoms with van der Waals surface area (Å²) in [6.45, 7) is 4.92. The highest BCUT2D eigenvalue weighted by Crippen LogP contribution is 2.42. The molecule has 1 saturated heterocycles. The van der Waals surface area contributed by atoms with Gasteiger partial charge in [0.25, 0.3) is 0 Å². The van der Waals surface area contributed by atoms with E-state index in [4.69, 9.17) is 0 Å². The van der Waals surface area contributed by atoms with Crippen molar-refractivity contribution in [1.29, 1.82) is 5.26 Å². The number of imidazole rings is 1. The number of nitrogens with zero attached hydrogens (tertiary/aromatic N) is 3. The standard InChI is InChI=1S/C23H25F6N5O/c1-13-20(32-12-31-13)19(14-7-15(22(24,25)26)9-16(8-14)23(27,28)29)21(2,3)33-11-18(35)34-6-4-5-17(34)10-30/h7-9,12,17,19,33H,4-6,11H2,1-3H3,(H,31,32)/t17-,19?/m0/s1. The molecule has 1 unspecified atom stereocenters. The zero-order chi connectivity index (χ0) is 26.2. The molecule has 2 atom stereocenters. The average Bonchev–Trinajstić information content (AvgIpc) is 3.40. The summed E-state index contributed by atoms with van der Waals surface area (Å²) in [6, 6.07) is 2.95. The predicted octanol–water partition coefficient (Wildman–Crippen LogP) is 4.77. The number of alkyl halides is 6. The minimum atomic E-state index is -5.00. The maximum Gasteiger partial charge on any atom is 0.416 e. The molecule has 190 valence electrons. The van der Waals surface area contributed by atoms with Crippen LogP contribution in [0.15, 0.2) is 24.5 Å². The van der Waals surface area contributed by atoms with Crippen molar-refractivity contribution in [2.75, 3.05) is 13.1 Å². The summed E-state index contributed by atoms with van der Waals surface area (Å²) >= 11 is 0. The third kappa shape index (κ3) is 5.78. The molecule has 3 rings (SSSR count). The number of H-pyrrole nitrogens is 1.